The van der Waals surface area contributed by atoms with Gasteiger partial charge in [-0.25, -0.2) is 0 Å². The maximum Gasteiger partial charge on any atom is 0.105 e. The molecule has 2 heterocycles. The Morgan fingerprint density at radius 1 is 1.33 bits per heavy atom. The number of rotatable bonds is 6. The Kier molecular flexibility index (Phi) is 4.46. The molecule has 3 heteroatoms. The number of nitrogens with two attached hydrogens (primary N) is 1. The van der Waals surface area contributed by atoms with Crippen LogP contribution >= 0.6 is 0 Å². The lowest BCUT2D eigenvalue weighted by atomic mass is 9.81. The number of nitrogens with zero attached hydrogens (tertiary/aromatic N) is 1. The zero-order valence-corrected chi connectivity index (χ0v) is 11.7. The predicted molar refractivity (Wildman–Crippen MR) is 74.5 cm³/mol. The minimum absolute atomic E-state index is 0.142. The summed E-state index contributed by atoms with van der Waals surface area (Å²) >= 11 is 0. The molecule has 1 fully saturated rings. The van der Waals surface area contributed by atoms with Crippen LogP contribution in [0.4, 0.5) is 0 Å². The quantitative estimate of drug-likeness (QED) is 0.844. The molecular formula is C15H26N2O. The molecule has 0 radical (unpaired) electrons. The smallest absolute Gasteiger partial charge is 0.105 e. The third-order valence-electron chi connectivity index (χ3n) is 4.65. The van der Waals surface area contributed by atoms with Crippen LogP contribution in [0.3, 0.4) is 0 Å². The first-order valence-electron chi connectivity index (χ1n) is 7.26. The summed E-state index contributed by atoms with van der Waals surface area (Å²) in [5, 5.41) is 0. The van der Waals surface area contributed by atoms with Crippen LogP contribution < -0.4 is 5.73 Å². The monoisotopic (exact) mass is 250 g/mol. The Hall–Kier alpha value is -0.800. The number of hydrogen-bond acceptors (Lipinski definition) is 3. The summed E-state index contributed by atoms with van der Waals surface area (Å²) in [7, 11) is 0. The van der Waals surface area contributed by atoms with Crippen molar-refractivity contribution in [3.8, 4) is 0 Å². The Bertz CT molecular complexity index is 337. The molecule has 0 spiro atoms. The number of likely N-dealkylation sites (tertiary alicyclic amines) is 1. The van der Waals surface area contributed by atoms with E-state index in [1.165, 1.54) is 25.9 Å². The number of hydrogen-bond donors (Lipinski definition) is 1. The molecule has 1 unspecified atom stereocenters. The lowest BCUT2D eigenvalue weighted by molar-refractivity contribution is 0.0750. The molecule has 2 rings (SSSR count). The first-order valence-corrected chi connectivity index (χ1v) is 7.26. The standard InChI is InChI=1S/C15H26N2O/c1-3-15(4-2,17-9-5-6-10-17)14(16)12-13-8-7-11-18-13/h7-8,11,14H,3-6,9-10,12,16H2,1-2H3. The molecule has 1 aliphatic heterocycles. The normalized spacial score (nSPS) is 19.3. The Labute approximate surface area is 110 Å². The molecule has 1 atom stereocenters. The highest BCUT2D eigenvalue weighted by Gasteiger charge is 2.40. The van der Waals surface area contributed by atoms with E-state index in [9.17, 15) is 0 Å². The summed E-state index contributed by atoms with van der Waals surface area (Å²) in [4.78, 5) is 2.61. The summed E-state index contributed by atoms with van der Waals surface area (Å²) in [6.07, 6.45) is 7.43. The van der Waals surface area contributed by atoms with Crippen molar-refractivity contribution in [2.75, 3.05) is 13.1 Å². The van der Waals surface area contributed by atoms with Gasteiger partial charge < -0.3 is 10.2 Å². The van der Waals surface area contributed by atoms with Gasteiger partial charge in [-0.1, -0.05) is 13.8 Å². The molecule has 2 N–H and O–H groups in total. The van der Waals surface area contributed by atoms with Gasteiger partial charge in [-0.05, 0) is 50.9 Å². The van der Waals surface area contributed by atoms with E-state index in [0.717, 1.165) is 25.0 Å². The molecule has 1 saturated heterocycles. The molecule has 0 bridgehead atoms. The first-order chi connectivity index (χ1) is 8.73. The van der Waals surface area contributed by atoms with Crippen molar-refractivity contribution in [3.05, 3.63) is 24.2 Å². The Morgan fingerprint density at radius 3 is 2.50 bits per heavy atom. The second kappa shape index (κ2) is 5.89. The van der Waals surface area contributed by atoms with Gasteiger partial charge in [0.1, 0.15) is 5.76 Å². The lowest BCUT2D eigenvalue weighted by Gasteiger charge is -2.45. The van der Waals surface area contributed by atoms with Gasteiger partial charge in [-0.3, -0.25) is 4.90 Å². The molecular weight excluding hydrogens is 224 g/mol. The zero-order chi connectivity index (χ0) is 13.0. The van der Waals surface area contributed by atoms with Crippen molar-refractivity contribution < 1.29 is 4.42 Å². The maximum absolute atomic E-state index is 6.54. The topological polar surface area (TPSA) is 42.4 Å². The second-order valence-corrected chi connectivity index (χ2v) is 5.39. The molecule has 0 amide bonds. The third-order valence-corrected chi connectivity index (χ3v) is 4.65. The van der Waals surface area contributed by atoms with Crippen LogP contribution in [0.25, 0.3) is 0 Å². The van der Waals surface area contributed by atoms with E-state index >= 15 is 0 Å². The third kappa shape index (κ3) is 2.47. The second-order valence-electron chi connectivity index (χ2n) is 5.39. The summed E-state index contributed by atoms with van der Waals surface area (Å²) in [6, 6.07) is 4.12. The predicted octanol–water partition coefficient (Wildman–Crippen LogP) is 2.80. The van der Waals surface area contributed by atoms with Crippen molar-refractivity contribution in [3.63, 3.8) is 0 Å². The Morgan fingerprint density at radius 2 is 2.00 bits per heavy atom. The van der Waals surface area contributed by atoms with Gasteiger partial charge in [-0.15, -0.1) is 0 Å². The van der Waals surface area contributed by atoms with Crippen LogP contribution in [0.5, 0.6) is 0 Å². The van der Waals surface area contributed by atoms with Crippen molar-refractivity contribution in [2.45, 2.75) is 57.5 Å². The van der Waals surface area contributed by atoms with Crippen molar-refractivity contribution in [2.24, 2.45) is 5.73 Å². The molecule has 0 saturated carbocycles. The van der Waals surface area contributed by atoms with E-state index in [1.807, 2.05) is 12.1 Å². The minimum Gasteiger partial charge on any atom is -0.469 e. The maximum atomic E-state index is 6.54. The van der Waals surface area contributed by atoms with Crippen molar-refractivity contribution in [1.29, 1.82) is 0 Å². The van der Waals surface area contributed by atoms with Crippen LogP contribution in [0.2, 0.25) is 0 Å². The minimum atomic E-state index is 0.142. The van der Waals surface area contributed by atoms with Crippen molar-refractivity contribution >= 4 is 0 Å². The molecule has 1 aromatic rings. The average Bonchev–Trinajstić information content (AvgIpc) is 3.04. The van der Waals surface area contributed by atoms with Gasteiger partial charge >= 0.3 is 0 Å². The first kappa shape index (κ1) is 13.6. The summed E-state index contributed by atoms with van der Waals surface area (Å²) in [6.45, 7) is 6.94. The zero-order valence-electron chi connectivity index (χ0n) is 11.7. The van der Waals surface area contributed by atoms with E-state index < -0.39 is 0 Å². The van der Waals surface area contributed by atoms with E-state index in [4.69, 9.17) is 10.2 Å². The lowest BCUT2D eigenvalue weighted by Crippen LogP contribution is -2.59. The highest BCUT2D eigenvalue weighted by atomic mass is 16.3. The number of furan rings is 1. The van der Waals surface area contributed by atoms with Gasteiger partial charge in [0, 0.05) is 18.0 Å². The van der Waals surface area contributed by atoms with Crippen LogP contribution in [0.1, 0.15) is 45.3 Å². The van der Waals surface area contributed by atoms with Gasteiger partial charge in [0.05, 0.1) is 6.26 Å². The van der Waals surface area contributed by atoms with E-state index in [0.29, 0.717) is 0 Å². The molecule has 102 valence electrons. The fourth-order valence-corrected chi connectivity index (χ4v) is 3.45. The molecule has 1 aliphatic rings. The summed E-state index contributed by atoms with van der Waals surface area (Å²) < 4.78 is 5.45. The van der Waals surface area contributed by atoms with Gasteiger partial charge in [0.15, 0.2) is 0 Å². The Balaban J connectivity index is 2.12. The fraction of sp³-hybridized carbons (Fsp3) is 0.733. The van der Waals surface area contributed by atoms with Gasteiger partial charge in [-0.2, -0.15) is 0 Å². The molecule has 3 nitrogen and oxygen atoms in total. The SMILES string of the molecule is CCC(CC)(C(N)Cc1ccco1)N1CCCC1. The highest BCUT2D eigenvalue weighted by molar-refractivity contribution is 5.07. The van der Waals surface area contributed by atoms with Crippen LogP contribution in [0.15, 0.2) is 22.8 Å². The molecule has 18 heavy (non-hydrogen) atoms. The highest BCUT2D eigenvalue weighted by Crippen LogP contribution is 2.32. The van der Waals surface area contributed by atoms with Crippen LogP contribution in [0, 0.1) is 0 Å². The molecule has 0 aromatic carbocycles. The largest absolute Gasteiger partial charge is 0.469 e. The van der Waals surface area contributed by atoms with E-state index in [-0.39, 0.29) is 11.6 Å². The van der Waals surface area contributed by atoms with Crippen LogP contribution in [-0.4, -0.2) is 29.6 Å². The van der Waals surface area contributed by atoms with E-state index in [2.05, 4.69) is 18.7 Å². The average molecular weight is 250 g/mol. The van der Waals surface area contributed by atoms with Crippen LogP contribution in [-0.2, 0) is 6.42 Å². The van der Waals surface area contributed by atoms with Crippen molar-refractivity contribution in [1.82, 2.24) is 4.90 Å². The van der Waals surface area contributed by atoms with Gasteiger partial charge in [0.2, 0.25) is 0 Å². The van der Waals surface area contributed by atoms with E-state index in [1.54, 1.807) is 6.26 Å². The summed E-state index contributed by atoms with van der Waals surface area (Å²) in [5.41, 5.74) is 6.69. The molecule has 1 aromatic heterocycles. The molecule has 0 aliphatic carbocycles. The van der Waals surface area contributed by atoms with Gasteiger partial charge in [0.25, 0.3) is 0 Å². The fourth-order valence-electron chi connectivity index (χ4n) is 3.45. The summed E-state index contributed by atoms with van der Waals surface area (Å²) in [5.74, 6) is 1.01.